The fraction of sp³-hybridized carbons (Fsp3) is 0. The third-order valence-corrected chi connectivity index (χ3v) is 2.14. The van der Waals surface area contributed by atoms with Gasteiger partial charge >= 0.3 is 0 Å². The maximum absolute atomic E-state index is 4.23. The van der Waals surface area contributed by atoms with E-state index in [-0.39, 0.29) is 0 Å². The average molecular weight is 197 g/mol. The van der Waals surface area contributed by atoms with E-state index in [1.54, 1.807) is 23.4 Å². The first kappa shape index (κ1) is 8.05. The summed E-state index contributed by atoms with van der Waals surface area (Å²) in [7, 11) is 0. The highest BCUT2D eigenvalue weighted by molar-refractivity contribution is 6.19. The topological polar surface area (TPSA) is 52.7 Å². The monoisotopic (exact) mass is 197 g/mol. The van der Waals surface area contributed by atoms with E-state index in [1.165, 1.54) is 0 Å². The van der Waals surface area contributed by atoms with Crippen LogP contribution in [0.5, 0.6) is 0 Å². The van der Waals surface area contributed by atoms with Crippen molar-refractivity contribution in [1.82, 2.24) is 4.90 Å². The Morgan fingerprint density at radius 1 is 1.27 bits per heavy atom. The molecular formula is C10H7N5. The van der Waals surface area contributed by atoms with Crippen LogP contribution in [0.2, 0.25) is 0 Å². The van der Waals surface area contributed by atoms with Crippen molar-refractivity contribution in [3.63, 3.8) is 0 Å². The second-order valence-corrected chi connectivity index (χ2v) is 3.04. The molecule has 0 spiro atoms. The maximum atomic E-state index is 4.23. The molecular weight excluding hydrogens is 190 g/mol. The number of hydrogen-bond acceptors (Lipinski definition) is 5. The maximum Gasteiger partial charge on any atom is 0.239 e. The number of aliphatic imine (C=N–C) groups is 4. The molecule has 0 amide bonds. The zero-order chi connectivity index (χ0) is 10.3. The van der Waals surface area contributed by atoms with Crippen molar-refractivity contribution in [3.05, 3.63) is 36.7 Å². The lowest BCUT2D eigenvalue weighted by atomic mass is 10.3. The summed E-state index contributed by atoms with van der Waals surface area (Å²) < 4.78 is 0. The summed E-state index contributed by atoms with van der Waals surface area (Å²) in [6.07, 6.45) is 8.78. The molecule has 3 rings (SSSR count). The summed E-state index contributed by atoms with van der Waals surface area (Å²) in [5, 5.41) is 0. The quantitative estimate of drug-likeness (QED) is 0.620. The van der Waals surface area contributed by atoms with Crippen LogP contribution in [-0.4, -0.2) is 28.9 Å². The van der Waals surface area contributed by atoms with E-state index < -0.39 is 0 Å². The average Bonchev–Trinajstić information content (AvgIpc) is 2.29. The molecule has 0 aromatic heterocycles. The molecule has 5 heteroatoms. The Kier molecular flexibility index (Phi) is 1.53. The van der Waals surface area contributed by atoms with Crippen LogP contribution in [-0.2, 0) is 0 Å². The van der Waals surface area contributed by atoms with Gasteiger partial charge in [0.1, 0.15) is 0 Å². The molecule has 0 atom stereocenters. The number of hydrogen-bond donors (Lipinski definition) is 0. The highest BCUT2D eigenvalue weighted by Gasteiger charge is 2.27. The van der Waals surface area contributed by atoms with Gasteiger partial charge in [-0.3, -0.25) is 0 Å². The van der Waals surface area contributed by atoms with Crippen LogP contribution < -0.4 is 0 Å². The number of rotatable bonds is 1. The predicted molar refractivity (Wildman–Crippen MR) is 60.1 cm³/mol. The molecule has 0 aromatic carbocycles. The van der Waals surface area contributed by atoms with Gasteiger partial charge in [-0.05, 0) is 18.2 Å². The molecule has 0 saturated heterocycles. The summed E-state index contributed by atoms with van der Waals surface area (Å²) in [5.41, 5.74) is 0.973. The number of nitrogens with zero attached hydrogens (tertiary/aromatic N) is 5. The van der Waals surface area contributed by atoms with Crippen LogP contribution in [0.1, 0.15) is 0 Å². The van der Waals surface area contributed by atoms with E-state index in [2.05, 4.69) is 26.5 Å². The molecule has 0 bridgehead atoms. The van der Waals surface area contributed by atoms with Crippen molar-refractivity contribution in [2.45, 2.75) is 0 Å². The van der Waals surface area contributed by atoms with Gasteiger partial charge < -0.3 is 0 Å². The molecule has 0 aromatic rings. The largest absolute Gasteiger partial charge is 0.246 e. The Bertz CT molecular complexity index is 514. The first-order chi connectivity index (χ1) is 7.38. The Hall–Kier alpha value is -2.30. The third-order valence-electron chi connectivity index (χ3n) is 2.14. The van der Waals surface area contributed by atoms with Crippen LogP contribution >= 0.6 is 0 Å². The van der Waals surface area contributed by atoms with E-state index in [0.717, 1.165) is 5.70 Å². The van der Waals surface area contributed by atoms with E-state index >= 15 is 0 Å². The predicted octanol–water partition coefficient (Wildman–Crippen LogP) is 1.09. The van der Waals surface area contributed by atoms with E-state index in [9.17, 15) is 0 Å². The van der Waals surface area contributed by atoms with E-state index in [1.807, 2.05) is 12.2 Å². The van der Waals surface area contributed by atoms with Gasteiger partial charge in [0.25, 0.3) is 0 Å². The number of guanidine groups is 2. The van der Waals surface area contributed by atoms with Gasteiger partial charge in [-0.25, -0.2) is 14.9 Å². The van der Waals surface area contributed by atoms with Crippen LogP contribution in [0, 0.1) is 0 Å². The molecule has 0 unspecified atom stereocenters. The molecule has 3 aliphatic rings. The van der Waals surface area contributed by atoms with Crippen LogP contribution in [0.3, 0.4) is 0 Å². The summed E-state index contributed by atoms with van der Waals surface area (Å²) >= 11 is 0. The second kappa shape index (κ2) is 2.84. The summed E-state index contributed by atoms with van der Waals surface area (Å²) in [4.78, 5) is 18.6. The molecule has 5 nitrogen and oxygen atoms in total. The lowest BCUT2D eigenvalue weighted by molar-refractivity contribution is 0.735. The Labute approximate surface area is 86.3 Å². The van der Waals surface area contributed by atoms with Gasteiger partial charge in [-0.2, -0.15) is 9.98 Å². The Morgan fingerprint density at radius 3 is 3.07 bits per heavy atom. The summed E-state index contributed by atoms with van der Waals surface area (Å²) in [6, 6.07) is 0. The lowest BCUT2D eigenvalue weighted by Gasteiger charge is -2.29. The van der Waals surface area contributed by atoms with Crippen molar-refractivity contribution in [2.24, 2.45) is 20.0 Å². The fourth-order valence-electron chi connectivity index (χ4n) is 1.48. The zero-order valence-corrected chi connectivity index (χ0v) is 7.83. The molecule has 0 radical (unpaired) electrons. The molecule has 72 valence electrons. The minimum Gasteiger partial charge on any atom is -0.246 e. The molecule has 0 aliphatic carbocycles. The molecule has 0 N–H and O–H groups in total. The van der Waals surface area contributed by atoms with E-state index in [0.29, 0.717) is 17.8 Å². The minimum atomic E-state index is 0.536. The molecule has 3 heterocycles. The zero-order valence-electron chi connectivity index (χ0n) is 7.83. The Balaban J connectivity index is 2.20. The molecule has 3 aliphatic heterocycles. The van der Waals surface area contributed by atoms with Gasteiger partial charge in [0.05, 0.1) is 5.70 Å². The first-order valence-corrected chi connectivity index (χ1v) is 4.47. The molecule has 0 fully saturated rings. The van der Waals surface area contributed by atoms with Crippen LogP contribution in [0.25, 0.3) is 0 Å². The summed E-state index contributed by atoms with van der Waals surface area (Å²) in [5.74, 6) is 1.70. The second-order valence-electron chi connectivity index (χ2n) is 3.04. The smallest absolute Gasteiger partial charge is 0.239 e. The van der Waals surface area contributed by atoms with E-state index in [4.69, 9.17) is 0 Å². The highest BCUT2D eigenvalue weighted by atomic mass is 15.4. The van der Waals surface area contributed by atoms with Crippen molar-refractivity contribution in [1.29, 1.82) is 0 Å². The Morgan fingerprint density at radius 2 is 2.20 bits per heavy atom. The highest BCUT2D eigenvalue weighted by Crippen LogP contribution is 2.20. The normalized spacial score (nSPS) is 21.2. The van der Waals surface area contributed by atoms with Crippen LogP contribution in [0.15, 0.2) is 56.7 Å². The number of amidine groups is 1. The fourth-order valence-corrected chi connectivity index (χ4v) is 1.48. The van der Waals surface area contributed by atoms with Crippen molar-refractivity contribution >= 4 is 24.0 Å². The lowest BCUT2D eigenvalue weighted by Crippen LogP contribution is -2.40. The van der Waals surface area contributed by atoms with Gasteiger partial charge in [0.15, 0.2) is 5.84 Å². The van der Waals surface area contributed by atoms with Crippen molar-refractivity contribution < 1.29 is 0 Å². The first-order valence-electron chi connectivity index (χ1n) is 4.47. The third kappa shape index (κ3) is 1.10. The minimum absolute atomic E-state index is 0.536. The van der Waals surface area contributed by atoms with Gasteiger partial charge in [0.2, 0.25) is 11.9 Å². The van der Waals surface area contributed by atoms with Crippen molar-refractivity contribution in [3.8, 4) is 0 Å². The molecule has 15 heavy (non-hydrogen) atoms. The standard InChI is InChI=1S/C10H7N5/c1-2-8-13-9-11-5-3-7-4-6-12-10(14-8)15(7)9/h2-6H,1H2. The summed E-state index contributed by atoms with van der Waals surface area (Å²) in [6.45, 7) is 3.63. The van der Waals surface area contributed by atoms with Gasteiger partial charge in [-0.15, -0.1) is 0 Å². The van der Waals surface area contributed by atoms with Gasteiger partial charge in [-0.1, -0.05) is 6.58 Å². The van der Waals surface area contributed by atoms with Gasteiger partial charge in [0, 0.05) is 12.4 Å². The van der Waals surface area contributed by atoms with Crippen LogP contribution in [0.4, 0.5) is 0 Å². The SMILES string of the molecule is C=CC1=NC2=NC=CC3=CC=NC(=N1)N32. The van der Waals surface area contributed by atoms with Crippen molar-refractivity contribution in [2.75, 3.05) is 0 Å². The number of allylic oxidation sites excluding steroid dienone is 2. The molecule has 0 saturated carbocycles.